The third-order valence-electron chi connectivity index (χ3n) is 5.03. The molecule has 5 nitrogen and oxygen atoms in total. The maximum absolute atomic E-state index is 12.7. The first-order valence-corrected chi connectivity index (χ1v) is 9.05. The van der Waals surface area contributed by atoms with Crippen LogP contribution in [0.15, 0.2) is 24.3 Å². The van der Waals surface area contributed by atoms with Crippen LogP contribution in [0.3, 0.4) is 0 Å². The number of carbonyl (C=O) groups is 2. The van der Waals surface area contributed by atoms with Gasteiger partial charge in [0.25, 0.3) is 0 Å². The highest BCUT2D eigenvalue weighted by Crippen LogP contribution is 2.24. The van der Waals surface area contributed by atoms with Gasteiger partial charge in [-0.15, -0.1) is 0 Å². The quantitative estimate of drug-likeness (QED) is 0.806. The van der Waals surface area contributed by atoms with Gasteiger partial charge in [0.1, 0.15) is 11.2 Å². The normalized spacial score (nSPS) is 15.8. The third-order valence-corrected chi connectivity index (χ3v) is 5.03. The van der Waals surface area contributed by atoms with Gasteiger partial charge in [0.15, 0.2) is 0 Å². The van der Waals surface area contributed by atoms with E-state index >= 15 is 0 Å². The fourth-order valence-electron chi connectivity index (χ4n) is 3.04. The summed E-state index contributed by atoms with van der Waals surface area (Å²) in [7, 11) is 1.64. The van der Waals surface area contributed by atoms with Crippen molar-refractivity contribution in [3.63, 3.8) is 0 Å². The largest absolute Gasteiger partial charge is 0.497 e. The van der Waals surface area contributed by atoms with Gasteiger partial charge in [-0.3, -0.25) is 9.59 Å². The second-order valence-corrected chi connectivity index (χ2v) is 7.45. The minimum atomic E-state index is -1.03. The van der Waals surface area contributed by atoms with Crippen LogP contribution in [0.1, 0.15) is 39.2 Å². The molecule has 1 saturated heterocycles. The zero-order chi connectivity index (χ0) is 18.4. The monoisotopic (exact) mass is 346 g/mol. The first kappa shape index (κ1) is 19.3. The van der Waals surface area contributed by atoms with Crippen LogP contribution in [-0.2, 0) is 16.0 Å². The van der Waals surface area contributed by atoms with Crippen molar-refractivity contribution in [2.45, 2.75) is 40.0 Å². The van der Waals surface area contributed by atoms with E-state index in [-0.39, 0.29) is 11.8 Å². The summed E-state index contributed by atoms with van der Waals surface area (Å²) in [5.41, 5.74) is 0.0933. The summed E-state index contributed by atoms with van der Waals surface area (Å²) in [5.74, 6) is 1.20. The minimum absolute atomic E-state index is 0.0682. The average Bonchev–Trinajstić information content (AvgIpc) is 2.62. The summed E-state index contributed by atoms with van der Waals surface area (Å²) in [6, 6.07) is 7.77. The molecule has 5 heteroatoms. The van der Waals surface area contributed by atoms with Crippen LogP contribution in [0.4, 0.5) is 0 Å². The molecule has 1 aromatic carbocycles. The van der Waals surface area contributed by atoms with Crippen LogP contribution in [0.25, 0.3) is 0 Å². The van der Waals surface area contributed by atoms with E-state index in [9.17, 15) is 9.59 Å². The lowest BCUT2D eigenvalue weighted by atomic mass is 9.88. The van der Waals surface area contributed by atoms with Gasteiger partial charge in [0.2, 0.25) is 11.8 Å². The summed E-state index contributed by atoms with van der Waals surface area (Å²) >= 11 is 0. The summed E-state index contributed by atoms with van der Waals surface area (Å²) in [6.07, 6.45) is 2.75. The zero-order valence-electron chi connectivity index (χ0n) is 15.8. The van der Waals surface area contributed by atoms with E-state index in [1.807, 2.05) is 29.2 Å². The van der Waals surface area contributed by atoms with Gasteiger partial charge < -0.3 is 15.0 Å². The summed E-state index contributed by atoms with van der Waals surface area (Å²) < 4.78 is 5.14. The Morgan fingerprint density at radius 2 is 1.80 bits per heavy atom. The van der Waals surface area contributed by atoms with Crippen molar-refractivity contribution in [2.24, 2.45) is 11.3 Å². The molecule has 2 rings (SSSR count). The number of piperidine rings is 1. The number of rotatable bonds is 6. The number of methoxy groups -OCH3 is 1. The molecule has 25 heavy (non-hydrogen) atoms. The molecule has 1 aliphatic heterocycles. The van der Waals surface area contributed by atoms with Crippen LogP contribution in [-0.4, -0.2) is 43.5 Å². The first-order valence-electron chi connectivity index (χ1n) is 9.05. The standard InChI is InChI=1S/C20H30N2O3/c1-15-10-13-22(14-11-15)19(24)20(2,3)18(23)21-12-9-16-5-7-17(25-4)8-6-16/h5-8,15H,9-14H2,1-4H3,(H,21,23). The predicted octanol–water partition coefficient (Wildman–Crippen LogP) is 2.64. The Bertz CT molecular complexity index is 587. The maximum Gasteiger partial charge on any atom is 0.237 e. The topological polar surface area (TPSA) is 58.6 Å². The second-order valence-electron chi connectivity index (χ2n) is 7.45. The molecule has 0 spiro atoms. The maximum atomic E-state index is 12.7. The minimum Gasteiger partial charge on any atom is -0.497 e. The van der Waals surface area contributed by atoms with Crippen LogP contribution in [0.5, 0.6) is 5.75 Å². The van der Waals surface area contributed by atoms with Gasteiger partial charge >= 0.3 is 0 Å². The molecule has 1 aliphatic rings. The average molecular weight is 346 g/mol. The van der Waals surface area contributed by atoms with Crippen molar-refractivity contribution in [1.82, 2.24) is 10.2 Å². The van der Waals surface area contributed by atoms with E-state index in [0.29, 0.717) is 12.5 Å². The van der Waals surface area contributed by atoms with Crippen molar-refractivity contribution in [3.05, 3.63) is 29.8 Å². The number of hydrogen-bond acceptors (Lipinski definition) is 3. The first-order chi connectivity index (χ1) is 11.8. The van der Waals surface area contributed by atoms with Gasteiger partial charge in [-0.05, 0) is 56.7 Å². The number of ether oxygens (including phenoxy) is 1. The number of benzene rings is 1. The summed E-state index contributed by atoms with van der Waals surface area (Å²) in [5, 5.41) is 2.91. The lowest BCUT2D eigenvalue weighted by molar-refractivity contribution is -0.149. The number of nitrogens with zero attached hydrogens (tertiary/aromatic N) is 1. The highest BCUT2D eigenvalue weighted by Gasteiger charge is 2.39. The summed E-state index contributed by atoms with van der Waals surface area (Å²) in [6.45, 7) is 7.66. The Morgan fingerprint density at radius 3 is 2.36 bits per heavy atom. The van der Waals surface area contributed by atoms with Gasteiger partial charge in [-0.1, -0.05) is 19.1 Å². The molecule has 1 fully saturated rings. The molecule has 1 heterocycles. The molecule has 0 bridgehead atoms. The Balaban J connectivity index is 1.84. The van der Waals surface area contributed by atoms with Crippen LogP contribution >= 0.6 is 0 Å². The van der Waals surface area contributed by atoms with Crippen molar-refractivity contribution < 1.29 is 14.3 Å². The highest BCUT2D eigenvalue weighted by molar-refractivity contribution is 6.04. The van der Waals surface area contributed by atoms with E-state index in [2.05, 4.69) is 12.2 Å². The lowest BCUT2D eigenvalue weighted by Gasteiger charge is -2.35. The predicted molar refractivity (Wildman–Crippen MR) is 98.5 cm³/mol. The van der Waals surface area contributed by atoms with E-state index in [1.165, 1.54) is 0 Å². The van der Waals surface area contributed by atoms with Crippen molar-refractivity contribution in [1.29, 1.82) is 0 Å². The fourth-order valence-corrected chi connectivity index (χ4v) is 3.04. The molecule has 138 valence electrons. The molecular formula is C20H30N2O3. The number of carbonyl (C=O) groups excluding carboxylic acids is 2. The van der Waals surface area contributed by atoms with Gasteiger partial charge in [-0.2, -0.15) is 0 Å². The molecule has 0 saturated carbocycles. The van der Waals surface area contributed by atoms with E-state index in [4.69, 9.17) is 4.74 Å². The molecular weight excluding hydrogens is 316 g/mol. The molecule has 0 aromatic heterocycles. The Hall–Kier alpha value is -2.04. The van der Waals surface area contributed by atoms with Crippen LogP contribution in [0.2, 0.25) is 0 Å². The molecule has 2 amide bonds. The molecule has 0 atom stereocenters. The lowest BCUT2D eigenvalue weighted by Crippen LogP contribution is -2.51. The van der Waals surface area contributed by atoms with Crippen molar-refractivity contribution in [2.75, 3.05) is 26.7 Å². The van der Waals surface area contributed by atoms with E-state index in [1.54, 1.807) is 21.0 Å². The fraction of sp³-hybridized carbons (Fsp3) is 0.600. The number of hydrogen-bond donors (Lipinski definition) is 1. The third kappa shape index (κ3) is 4.97. The van der Waals surface area contributed by atoms with Gasteiger partial charge in [0, 0.05) is 19.6 Å². The highest BCUT2D eigenvalue weighted by atomic mass is 16.5. The summed E-state index contributed by atoms with van der Waals surface area (Å²) in [4.78, 5) is 27.1. The smallest absolute Gasteiger partial charge is 0.237 e. The Labute approximate surface area is 150 Å². The zero-order valence-corrected chi connectivity index (χ0v) is 15.8. The molecule has 0 unspecified atom stereocenters. The van der Waals surface area contributed by atoms with E-state index in [0.717, 1.165) is 43.7 Å². The van der Waals surface area contributed by atoms with Gasteiger partial charge in [-0.25, -0.2) is 0 Å². The Kier molecular flexibility index (Phi) is 6.45. The molecule has 0 aliphatic carbocycles. The number of amides is 2. The Morgan fingerprint density at radius 1 is 1.20 bits per heavy atom. The second kappa shape index (κ2) is 8.37. The molecule has 1 aromatic rings. The van der Waals surface area contributed by atoms with Crippen molar-refractivity contribution in [3.8, 4) is 5.75 Å². The molecule has 1 N–H and O–H groups in total. The van der Waals surface area contributed by atoms with Crippen LogP contribution < -0.4 is 10.1 Å². The van der Waals surface area contributed by atoms with Crippen LogP contribution in [0, 0.1) is 11.3 Å². The van der Waals surface area contributed by atoms with Crippen molar-refractivity contribution >= 4 is 11.8 Å². The molecule has 0 radical (unpaired) electrons. The van der Waals surface area contributed by atoms with E-state index < -0.39 is 5.41 Å². The SMILES string of the molecule is COc1ccc(CCNC(=O)C(C)(C)C(=O)N2CCC(C)CC2)cc1. The number of nitrogens with one attached hydrogen (secondary N) is 1. The van der Waals surface area contributed by atoms with Gasteiger partial charge in [0.05, 0.1) is 7.11 Å². The number of likely N-dealkylation sites (tertiary alicyclic amines) is 1.